The summed E-state index contributed by atoms with van der Waals surface area (Å²) >= 11 is 0. The van der Waals surface area contributed by atoms with E-state index in [0.29, 0.717) is 12.5 Å². The molecule has 1 aromatic rings. The molecule has 0 radical (unpaired) electrons. The Morgan fingerprint density at radius 1 is 1.44 bits per heavy atom. The van der Waals surface area contributed by atoms with Gasteiger partial charge in [0.1, 0.15) is 0 Å². The lowest BCUT2D eigenvalue weighted by molar-refractivity contribution is 0.0656. The van der Waals surface area contributed by atoms with Crippen LogP contribution in [0, 0.1) is 25.2 Å². The van der Waals surface area contributed by atoms with Gasteiger partial charge in [-0.25, -0.2) is 0 Å². The molecule has 1 saturated heterocycles. The molecule has 2 rings (SSSR count). The molecule has 1 fully saturated rings. The van der Waals surface area contributed by atoms with Crippen molar-refractivity contribution in [2.45, 2.75) is 39.2 Å². The maximum atomic E-state index is 8.78. The van der Waals surface area contributed by atoms with Crippen molar-refractivity contribution in [1.82, 2.24) is 9.78 Å². The zero-order chi connectivity index (χ0) is 11.5. The van der Waals surface area contributed by atoms with Crippen LogP contribution in [0.2, 0.25) is 0 Å². The lowest BCUT2D eigenvalue weighted by Crippen LogP contribution is -2.21. The predicted molar refractivity (Wildman–Crippen MR) is 60.1 cm³/mol. The molecule has 86 valence electrons. The first-order chi connectivity index (χ1) is 7.74. The second kappa shape index (κ2) is 4.67. The number of aryl methyl sites for hydroxylation is 1. The van der Waals surface area contributed by atoms with Gasteiger partial charge in [-0.1, -0.05) is 0 Å². The van der Waals surface area contributed by atoms with Gasteiger partial charge in [-0.15, -0.1) is 0 Å². The van der Waals surface area contributed by atoms with Crippen molar-refractivity contribution in [3.8, 4) is 6.07 Å². The quantitative estimate of drug-likeness (QED) is 0.763. The van der Waals surface area contributed by atoms with Crippen LogP contribution in [0.1, 0.15) is 35.8 Å². The van der Waals surface area contributed by atoms with Gasteiger partial charge in [-0.3, -0.25) is 4.68 Å². The van der Waals surface area contributed by atoms with E-state index in [1.165, 1.54) is 0 Å². The fourth-order valence-electron chi connectivity index (χ4n) is 2.32. The van der Waals surface area contributed by atoms with E-state index < -0.39 is 0 Å². The molecule has 0 saturated carbocycles. The number of aromatic nitrogens is 2. The lowest BCUT2D eigenvalue weighted by atomic mass is 10.1. The van der Waals surface area contributed by atoms with Crippen molar-refractivity contribution in [2.24, 2.45) is 0 Å². The van der Waals surface area contributed by atoms with Gasteiger partial charge in [0.05, 0.1) is 24.2 Å². The minimum Gasteiger partial charge on any atom is -0.381 e. The molecule has 4 nitrogen and oxygen atoms in total. The summed E-state index contributed by atoms with van der Waals surface area (Å²) < 4.78 is 7.44. The Kier molecular flexibility index (Phi) is 3.25. The van der Waals surface area contributed by atoms with Crippen molar-refractivity contribution in [1.29, 1.82) is 5.26 Å². The predicted octanol–water partition coefficient (Wildman–Crippen LogP) is 1.92. The third-order valence-electron chi connectivity index (χ3n) is 3.27. The molecular weight excluding hydrogens is 202 g/mol. The summed E-state index contributed by atoms with van der Waals surface area (Å²) in [6, 6.07) is 2.65. The number of hydrogen-bond acceptors (Lipinski definition) is 3. The van der Waals surface area contributed by atoms with Gasteiger partial charge in [0.25, 0.3) is 0 Å². The van der Waals surface area contributed by atoms with Gasteiger partial charge < -0.3 is 4.74 Å². The first kappa shape index (κ1) is 11.2. The highest BCUT2D eigenvalue weighted by Crippen LogP contribution is 2.24. The summed E-state index contributed by atoms with van der Waals surface area (Å²) in [6.07, 6.45) is 2.50. The fourth-order valence-corrected chi connectivity index (χ4v) is 2.32. The first-order valence-corrected chi connectivity index (χ1v) is 5.73. The second-order valence-electron chi connectivity index (χ2n) is 4.27. The summed E-state index contributed by atoms with van der Waals surface area (Å²) in [7, 11) is 0. The third kappa shape index (κ3) is 1.96. The van der Waals surface area contributed by atoms with Gasteiger partial charge in [0.2, 0.25) is 0 Å². The molecule has 1 aromatic heterocycles. The van der Waals surface area contributed by atoms with Crippen LogP contribution in [0.15, 0.2) is 0 Å². The lowest BCUT2D eigenvalue weighted by Gasteiger charge is -2.23. The van der Waals surface area contributed by atoms with E-state index in [2.05, 4.69) is 22.8 Å². The van der Waals surface area contributed by atoms with Gasteiger partial charge in [0.15, 0.2) is 0 Å². The van der Waals surface area contributed by atoms with Crippen LogP contribution >= 0.6 is 0 Å². The standard InChI is InChI=1S/C12H17N3O/c1-9-12(3-6-13)10(2)15(14-9)11-4-7-16-8-5-11/h11H,3-5,7-8H2,1-2H3. The zero-order valence-electron chi connectivity index (χ0n) is 9.86. The maximum absolute atomic E-state index is 8.78. The number of rotatable bonds is 2. The van der Waals surface area contributed by atoms with E-state index in [1.807, 2.05) is 6.92 Å². The van der Waals surface area contributed by atoms with Gasteiger partial charge in [-0.05, 0) is 26.7 Å². The summed E-state index contributed by atoms with van der Waals surface area (Å²) in [6.45, 7) is 5.67. The van der Waals surface area contributed by atoms with Gasteiger partial charge in [0, 0.05) is 24.5 Å². The Bertz CT molecular complexity index is 411. The van der Waals surface area contributed by atoms with E-state index >= 15 is 0 Å². The minimum absolute atomic E-state index is 0.444. The molecule has 0 bridgehead atoms. The largest absolute Gasteiger partial charge is 0.381 e. The van der Waals surface area contributed by atoms with Crippen molar-refractivity contribution >= 4 is 0 Å². The van der Waals surface area contributed by atoms with Gasteiger partial charge in [-0.2, -0.15) is 10.4 Å². The SMILES string of the molecule is Cc1nn(C2CCOCC2)c(C)c1CC#N. The molecule has 0 unspecified atom stereocenters. The van der Waals surface area contributed by atoms with Crippen molar-refractivity contribution in [3.05, 3.63) is 17.0 Å². The molecule has 0 N–H and O–H groups in total. The van der Waals surface area contributed by atoms with Crippen LogP contribution in [0.3, 0.4) is 0 Å². The summed E-state index contributed by atoms with van der Waals surface area (Å²) in [5, 5.41) is 13.3. The number of hydrogen-bond donors (Lipinski definition) is 0. The minimum atomic E-state index is 0.444. The molecule has 1 aliphatic heterocycles. The van der Waals surface area contributed by atoms with E-state index in [1.54, 1.807) is 0 Å². The van der Waals surface area contributed by atoms with Crippen LogP contribution in [-0.4, -0.2) is 23.0 Å². The van der Waals surface area contributed by atoms with Crippen LogP contribution in [0.4, 0.5) is 0 Å². The van der Waals surface area contributed by atoms with Crippen LogP contribution in [-0.2, 0) is 11.2 Å². The first-order valence-electron chi connectivity index (χ1n) is 5.73. The molecule has 0 aliphatic carbocycles. The second-order valence-corrected chi connectivity index (χ2v) is 4.27. The van der Waals surface area contributed by atoms with Crippen molar-refractivity contribution in [2.75, 3.05) is 13.2 Å². The van der Waals surface area contributed by atoms with E-state index in [-0.39, 0.29) is 0 Å². The Morgan fingerprint density at radius 2 is 2.12 bits per heavy atom. The van der Waals surface area contributed by atoms with Crippen molar-refractivity contribution < 1.29 is 4.74 Å². The zero-order valence-corrected chi connectivity index (χ0v) is 9.86. The summed E-state index contributed by atoms with van der Waals surface area (Å²) in [5.41, 5.74) is 3.23. The van der Waals surface area contributed by atoms with Crippen LogP contribution in [0.25, 0.3) is 0 Å². The summed E-state index contributed by atoms with van der Waals surface area (Å²) in [4.78, 5) is 0. The van der Waals surface area contributed by atoms with Crippen molar-refractivity contribution in [3.63, 3.8) is 0 Å². The van der Waals surface area contributed by atoms with Crippen LogP contribution in [0.5, 0.6) is 0 Å². The molecule has 0 aromatic carbocycles. The molecule has 0 amide bonds. The molecule has 4 heteroatoms. The fraction of sp³-hybridized carbons (Fsp3) is 0.667. The monoisotopic (exact) mass is 219 g/mol. The number of nitriles is 1. The highest BCUT2D eigenvalue weighted by atomic mass is 16.5. The highest BCUT2D eigenvalue weighted by Gasteiger charge is 2.20. The molecular formula is C12H17N3O. The Balaban J connectivity index is 2.27. The number of nitrogens with zero attached hydrogens (tertiary/aromatic N) is 3. The topological polar surface area (TPSA) is 50.8 Å². The highest BCUT2D eigenvalue weighted by molar-refractivity contribution is 5.27. The maximum Gasteiger partial charge on any atom is 0.0671 e. The smallest absolute Gasteiger partial charge is 0.0671 e. The Hall–Kier alpha value is -1.34. The summed E-state index contributed by atoms with van der Waals surface area (Å²) in [5.74, 6) is 0. The Labute approximate surface area is 95.8 Å². The third-order valence-corrected chi connectivity index (χ3v) is 3.27. The van der Waals surface area contributed by atoms with E-state index in [0.717, 1.165) is 43.0 Å². The van der Waals surface area contributed by atoms with Gasteiger partial charge >= 0.3 is 0 Å². The molecule has 16 heavy (non-hydrogen) atoms. The van der Waals surface area contributed by atoms with Crippen LogP contribution < -0.4 is 0 Å². The molecule has 0 spiro atoms. The molecule has 0 atom stereocenters. The Morgan fingerprint density at radius 3 is 2.75 bits per heavy atom. The number of ether oxygens (including phenoxy) is 1. The average molecular weight is 219 g/mol. The average Bonchev–Trinajstić information content (AvgIpc) is 2.59. The normalized spacial score (nSPS) is 17.3. The molecule has 2 heterocycles. The van der Waals surface area contributed by atoms with E-state index in [4.69, 9.17) is 10.00 Å². The van der Waals surface area contributed by atoms with E-state index in [9.17, 15) is 0 Å². The molecule has 1 aliphatic rings.